The maximum absolute atomic E-state index is 9.00. The van der Waals surface area contributed by atoms with Gasteiger partial charge in [-0.25, -0.2) is 4.98 Å². The standard InChI is InChI=1S/C27H35N5/c28-15-21-1-3-22(4-2-21)17-32-20-29-16-26(32)18-30-5-7-31(8-6-30)19-27-12-23-9-24(13-27)11-25(10-23)14-27/h1-4,16,20,23-25H,5-14,17-19H2. The van der Waals surface area contributed by atoms with E-state index in [9.17, 15) is 0 Å². The molecule has 4 bridgehead atoms. The minimum atomic E-state index is 0.663. The zero-order valence-electron chi connectivity index (χ0n) is 19.1. The average molecular weight is 430 g/mol. The van der Waals surface area contributed by atoms with Crippen molar-refractivity contribution in [3.8, 4) is 6.07 Å². The average Bonchev–Trinajstić information content (AvgIpc) is 3.21. The van der Waals surface area contributed by atoms with E-state index in [0.29, 0.717) is 11.0 Å². The summed E-state index contributed by atoms with van der Waals surface area (Å²) in [4.78, 5) is 9.82. The Morgan fingerprint density at radius 2 is 1.50 bits per heavy atom. The van der Waals surface area contributed by atoms with E-state index in [1.165, 1.54) is 50.2 Å². The molecule has 5 nitrogen and oxygen atoms in total. The summed E-state index contributed by atoms with van der Waals surface area (Å²) in [5.41, 5.74) is 3.87. The zero-order valence-corrected chi connectivity index (χ0v) is 19.1. The van der Waals surface area contributed by atoms with E-state index < -0.39 is 0 Å². The molecular formula is C27H35N5. The molecule has 0 spiro atoms. The molecule has 1 aliphatic heterocycles. The van der Waals surface area contributed by atoms with Crippen molar-refractivity contribution in [1.82, 2.24) is 19.4 Å². The van der Waals surface area contributed by atoms with Crippen LogP contribution in [0.4, 0.5) is 0 Å². The van der Waals surface area contributed by atoms with Crippen molar-refractivity contribution >= 4 is 0 Å². The minimum absolute atomic E-state index is 0.663. The largest absolute Gasteiger partial charge is 0.329 e. The van der Waals surface area contributed by atoms with Crippen LogP contribution < -0.4 is 0 Å². The summed E-state index contributed by atoms with van der Waals surface area (Å²) in [5.74, 6) is 3.16. The minimum Gasteiger partial charge on any atom is -0.329 e. The zero-order chi connectivity index (χ0) is 21.5. The van der Waals surface area contributed by atoms with E-state index in [2.05, 4.69) is 25.4 Å². The van der Waals surface area contributed by atoms with E-state index in [1.807, 2.05) is 36.8 Å². The molecule has 5 fully saturated rings. The SMILES string of the molecule is N#Cc1ccc(Cn2cncc2CN2CCN(CC34CC5CC(CC(C5)C3)C4)CC2)cc1. The molecule has 5 heteroatoms. The molecule has 0 unspecified atom stereocenters. The van der Waals surface area contributed by atoms with Gasteiger partial charge >= 0.3 is 0 Å². The summed E-state index contributed by atoms with van der Waals surface area (Å²) < 4.78 is 2.25. The third kappa shape index (κ3) is 4.11. The van der Waals surface area contributed by atoms with Crippen LogP contribution in [0.25, 0.3) is 0 Å². The molecule has 4 aliphatic carbocycles. The highest BCUT2D eigenvalue weighted by Gasteiger charge is 2.51. The molecule has 0 N–H and O–H groups in total. The van der Waals surface area contributed by atoms with E-state index in [-0.39, 0.29) is 0 Å². The van der Waals surface area contributed by atoms with Crippen molar-refractivity contribution < 1.29 is 0 Å². The Kier molecular flexibility index (Phi) is 5.31. The van der Waals surface area contributed by atoms with Crippen LogP contribution >= 0.6 is 0 Å². The van der Waals surface area contributed by atoms with Crippen molar-refractivity contribution in [1.29, 1.82) is 5.26 Å². The molecule has 1 aromatic heterocycles. The van der Waals surface area contributed by atoms with E-state index in [0.717, 1.165) is 43.9 Å². The fourth-order valence-corrected chi connectivity index (χ4v) is 7.80. The van der Waals surface area contributed by atoms with Crippen LogP contribution in [-0.2, 0) is 13.1 Å². The number of piperazine rings is 1. The van der Waals surface area contributed by atoms with E-state index in [4.69, 9.17) is 5.26 Å². The molecule has 0 amide bonds. The van der Waals surface area contributed by atoms with Crippen LogP contribution in [0.5, 0.6) is 0 Å². The number of nitrogens with zero attached hydrogens (tertiary/aromatic N) is 5. The van der Waals surface area contributed by atoms with E-state index >= 15 is 0 Å². The van der Waals surface area contributed by atoms with Crippen LogP contribution in [0.3, 0.4) is 0 Å². The van der Waals surface area contributed by atoms with Crippen molar-refractivity contribution in [3.05, 3.63) is 53.6 Å². The van der Waals surface area contributed by atoms with Gasteiger partial charge in [0.05, 0.1) is 23.7 Å². The second-order valence-corrected chi connectivity index (χ2v) is 11.3. The Labute approximate surface area is 192 Å². The summed E-state index contributed by atoms with van der Waals surface area (Å²) >= 11 is 0. The maximum Gasteiger partial charge on any atom is 0.0991 e. The molecule has 32 heavy (non-hydrogen) atoms. The van der Waals surface area contributed by atoms with Crippen LogP contribution in [0.2, 0.25) is 0 Å². The van der Waals surface area contributed by atoms with Gasteiger partial charge in [0, 0.05) is 52.0 Å². The van der Waals surface area contributed by atoms with Gasteiger partial charge in [-0.2, -0.15) is 5.26 Å². The molecule has 1 saturated heterocycles. The van der Waals surface area contributed by atoms with Crippen LogP contribution in [0.1, 0.15) is 55.3 Å². The smallest absolute Gasteiger partial charge is 0.0991 e. The Morgan fingerprint density at radius 3 is 2.12 bits per heavy atom. The van der Waals surface area contributed by atoms with Gasteiger partial charge in [-0.1, -0.05) is 12.1 Å². The lowest BCUT2D eigenvalue weighted by Gasteiger charge is -2.58. The first-order valence-electron chi connectivity index (χ1n) is 12.6. The summed E-state index contributed by atoms with van der Waals surface area (Å²) in [7, 11) is 0. The normalized spacial score (nSPS) is 32.3. The molecule has 5 aliphatic rings. The Bertz CT molecular complexity index is 941. The van der Waals surface area contributed by atoms with Crippen molar-refractivity contribution in [2.75, 3.05) is 32.7 Å². The lowest BCUT2D eigenvalue weighted by molar-refractivity contribution is -0.0738. The molecule has 0 atom stereocenters. The number of aromatic nitrogens is 2. The fourth-order valence-electron chi connectivity index (χ4n) is 7.80. The molecule has 0 radical (unpaired) electrons. The van der Waals surface area contributed by atoms with Crippen molar-refractivity contribution in [2.24, 2.45) is 23.2 Å². The highest BCUT2D eigenvalue weighted by molar-refractivity contribution is 5.31. The summed E-state index contributed by atoms with van der Waals surface area (Å²) in [6, 6.07) is 10.1. The van der Waals surface area contributed by atoms with Gasteiger partial charge in [0.2, 0.25) is 0 Å². The molecule has 1 aromatic carbocycles. The lowest BCUT2D eigenvalue weighted by atomic mass is 9.49. The van der Waals surface area contributed by atoms with Gasteiger partial charge in [-0.15, -0.1) is 0 Å². The van der Waals surface area contributed by atoms with Gasteiger partial charge in [0.1, 0.15) is 0 Å². The maximum atomic E-state index is 9.00. The number of hydrogen-bond acceptors (Lipinski definition) is 4. The topological polar surface area (TPSA) is 48.1 Å². The monoisotopic (exact) mass is 429 g/mol. The first kappa shape index (κ1) is 20.4. The second-order valence-electron chi connectivity index (χ2n) is 11.3. The Balaban J connectivity index is 1.03. The van der Waals surface area contributed by atoms with Crippen LogP contribution in [-0.4, -0.2) is 52.1 Å². The summed E-state index contributed by atoms with van der Waals surface area (Å²) in [6.07, 6.45) is 13.2. The number of benzene rings is 1. The second kappa shape index (κ2) is 8.32. The first-order valence-corrected chi connectivity index (χ1v) is 12.6. The van der Waals surface area contributed by atoms with Gasteiger partial charge in [-0.3, -0.25) is 4.90 Å². The highest BCUT2D eigenvalue weighted by atomic mass is 15.3. The van der Waals surface area contributed by atoms with Gasteiger partial charge in [0.15, 0.2) is 0 Å². The fraction of sp³-hybridized carbons (Fsp3) is 0.630. The van der Waals surface area contributed by atoms with Gasteiger partial charge in [0.25, 0.3) is 0 Å². The Hall–Kier alpha value is -2.16. The number of rotatable bonds is 6. The highest BCUT2D eigenvalue weighted by Crippen LogP contribution is 2.60. The van der Waals surface area contributed by atoms with Crippen LogP contribution in [0.15, 0.2) is 36.8 Å². The predicted octanol–water partition coefficient (Wildman–Crippen LogP) is 4.14. The summed E-state index contributed by atoms with van der Waals surface area (Å²) in [5, 5.41) is 9.00. The molecule has 4 saturated carbocycles. The molecule has 2 heterocycles. The lowest BCUT2D eigenvalue weighted by Crippen LogP contribution is -2.54. The quantitative estimate of drug-likeness (QED) is 0.693. The number of imidazole rings is 1. The first-order chi connectivity index (χ1) is 15.7. The van der Waals surface area contributed by atoms with E-state index in [1.54, 1.807) is 19.3 Å². The van der Waals surface area contributed by atoms with Gasteiger partial charge in [-0.05, 0) is 79.4 Å². The predicted molar refractivity (Wildman–Crippen MR) is 125 cm³/mol. The molecular weight excluding hydrogens is 394 g/mol. The van der Waals surface area contributed by atoms with Gasteiger partial charge < -0.3 is 9.47 Å². The molecule has 2 aromatic rings. The molecule has 7 rings (SSSR count). The number of nitriles is 1. The third-order valence-corrected chi connectivity index (χ3v) is 8.81. The number of hydrogen-bond donors (Lipinski definition) is 0. The van der Waals surface area contributed by atoms with Crippen LogP contribution in [0, 0.1) is 34.5 Å². The molecule has 168 valence electrons. The van der Waals surface area contributed by atoms with Crippen molar-refractivity contribution in [3.63, 3.8) is 0 Å². The Morgan fingerprint density at radius 1 is 0.875 bits per heavy atom. The third-order valence-electron chi connectivity index (χ3n) is 8.81. The summed E-state index contributed by atoms with van der Waals surface area (Å²) in [6.45, 7) is 7.90. The van der Waals surface area contributed by atoms with Crippen molar-refractivity contribution in [2.45, 2.75) is 51.6 Å².